The quantitative estimate of drug-likeness (QED) is 0.281. The molecule has 2 aromatic rings. The molecular formula is C29H38N2O6. The minimum absolute atomic E-state index is 0.0847. The van der Waals surface area contributed by atoms with Crippen LogP contribution in [0.5, 0.6) is 11.5 Å². The number of amides is 2. The maximum atomic E-state index is 13.0. The van der Waals surface area contributed by atoms with E-state index in [1.165, 1.54) is 5.56 Å². The van der Waals surface area contributed by atoms with E-state index in [-0.39, 0.29) is 23.8 Å². The van der Waals surface area contributed by atoms with Gasteiger partial charge in [-0.2, -0.15) is 0 Å². The Morgan fingerprint density at radius 1 is 0.838 bits per heavy atom. The molecule has 1 aliphatic rings. The number of ether oxygens (including phenoxy) is 3. The zero-order valence-electron chi connectivity index (χ0n) is 22.3. The van der Waals surface area contributed by atoms with E-state index in [2.05, 4.69) is 32.9 Å². The van der Waals surface area contributed by atoms with Crippen LogP contribution in [0.1, 0.15) is 62.9 Å². The zero-order chi connectivity index (χ0) is 26.8. The number of nitrogens with zero attached hydrogens (tertiary/aromatic N) is 2. The second-order valence-corrected chi connectivity index (χ2v) is 10.1. The molecule has 0 unspecified atom stereocenters. The normalized spacial score (nSPS) is 14.1. The van der Waals surface area contributed by atoms with Crippen LogP contribution in [-0.2, 0) is 14.9 Å². The maximum absolute atomic E-state index is 13.0. The van der Waals surface area contributed by atoms with Gasteiger partial charge in [0.25, 0.3) is 5.91 Å². The Bertz CT molecular complexity index is 1040. The lowest BCUT2D eigenvalue weighted by Gasteiger charge is -2.22. The van der Waals surface area contributed by atoms with Gasteiger partial charge in [-0.25, -0.2) is 4.79 Å². The van der Waals surface area contributed by atoms with E-state index in [4.69, 9.17) is 14.2 Å². The van der Waals surface area contributed by atoms with E-state index >= 15 is 0 Å². The lowest BCUT2D eigenvalue weighted by atomic mass is 9.87. The number of rotatable bonds is 8. The molecule has 1 heterocycles. The highest BCUT2D eigenvalue weighted by Crippen LogP contribution is 2.24. The van der Waals surface area contributed by atoms with E-state index < -0.39 is 6.16 Å². The van der Waals surface area contributed by atoms with Gasteiger partial charge in [0, 0.05) is 38.2 Å². The van der Waals surface area contributed by atoms with E-state index in [1.54, 1.807) is 36.1 Å². The molecular weight excluding hydrogens is 472 g/mol. The summed E-state index contributed by atoms with van der Waals surface area (Å²) in [5, 5.41) is 0. The minimum Gasteiger partial charge on any atom is -0.494 e. The Morgan fingerprint density at radius 3 is 2.11 bits per heavy atom. The molecule has 0 N–H and O–H groups in total. The van der Waals surface area contributed by atoms with Gasteiger partial charge in [0.2, 0.25) is 5.91 Å². The largest absolute Gasteiger partial charge is 0.513 e. The summed E-state index contributed by atoms with van der Waals surface area (Å²) >= 11 is 0. The van der Waals surface area contributed by atoms with Gasteiger partial charge < -0.3 is 24.0 Å². The first kappa shape index (κ1) is 28.0. The van der Waals surface area contributed by atoms with Crippen LogP contribution in [0.3, 0.4) is 0 Å². The third-order valence-electron chi connectivity index (χ3n) is 6.22. The first-order valence-electron chi connectivity index (χ1n) is 12.9. The molecule has 2 aromatic carbocycles. The van der Waals surface area contributed by atoms with Crippen LogP contribution in [0.25, 0.3) is 0 Å². The number of carbonyl (C=O) groups is 3. The smallest absolute Gasteiger partial charge is 0.494 e. The molecule has 2 amide bonds. The molecule has 200 valence electrons. The molecule has 0 spiro atoms. The van der Waals surface area contributed by atoms with Gasteiger partial charge >= 0.3 is 6.16 Å². The van der Waals surface area contributed by atoms with Crippen molar-refractivity contribution in [2.45, 2.75) is 52.4 Å². The average Bonchev–Trinajstić information content (AvgIpc) is 3.13. The van der Waals surface area contributed by atoms with Crippen LogP contribution in [-0.4, -0.2) is 67.2 Å². The van der Waals surface area contributed by atoms with Gasteiger partial charge in [0.05, 0.1) is 13.2 Å². The fourth-order valence-electron chi connectivity index (χ4n) is 4.08. The average molecular weight is 511 g/mol. The molecule has 0 bridgehead atoms. The van der Waals surface area contributed by atoms with E-state index in [1.807, 2.05) is 17.0 Å². The molecule has 0 aliphatic carbocycles. The van der Waals surface area contributed by atoms with Gasteiger partial charge in [-0.15, -0.1) is 0 Å². The Morgan fingerprint density at radius 2 is 1.46 bits per heavy atom. The van der Waals surface area contributed by atoms with Crippen molar-refractivity contribution < 1.29 is 28.6 Å². The molecule has 0 saturated carbocycles. The summed E-state index contributed by atoms with van der Waals surface area (Å²) in [5.41, 5.74) is 1.86. The third kappa shape index (κ3) is 8.51. The highest BCUT2D eigenvalue weighted by molar-refractivity contribution is 5.94. The zero-order valence-corrected chi connectivity index (χ0v) is 22.3. The summed E-state index contributed by atoms with van der Waals surface area (Å²) in [6.45, 7) is 11.1. The van der Waals surface area contributed by atoms with Crippen LogP contribution in [0, 0.1) is 0 Å². The standard InChI is InChI=1S/C29H38N2O6/c1-5-35-28(34)37-25-13-9-22(10-14-25)27(33)31-18-7-17-30(19-20-31)26(32)8-6-21-36-24-15-11-23(12-16-24)29(2,3)4/h9-16H,5-8,17-21H2,1-4H3. The Kier molecular flexibility index (Phi) is 9.94. The van der Waals surface area contributed by atoms with Gasteiger partial charge in [0.15, 0.2) is 0 Å². The molecule has 0 aromatic heterocycles. The van der Waals surface area contributed by atoms with E-state index in [0.717, 1.165) is 12.2 Å². The Labute approximate surface area is 219 Å². The monoisotopic (exact) mass is 510 g/mol. The molecule has 0 atom stereocenters. The second kappa shape index (κ2) is 13.1. The molecule has 1 aliphatic heterocycles. The van der Waals surface area contributed by atoms with Crippen LogP contribution in [0.4, 0.5) is 4.79 Å². The molecule has 8 nitrogen and oxygen atoms in total. The van der Waals surface area contributed by atoms with Gasteiger partial charge in [-0.05, 0) is 67.1 Å². The third-order valence-corrected chi connectivity index (χ3v) is 6.22. The summed E-state index contributed by atoms with van der Waals surface area (Å²) in [5.74, 6) is 1.10. The van der Waals surface area contributed by atoms with Crippen LogP contribution < -0.4 is 9.47 Å². The maximum Gasteiger partial charge on any atom is 0.513 e. The van der Waals surface area contributed by atoms with Crippen molar-refractivity contribution in [1.29, 1.82) is 0 Å². The van der Waals surface area contributed by atoms with Crippen molar-refractivity contribution in [3.05, 3.63) is 59.7 Å². The predicted molar refractivity (Wildman–Crippen MR) is 141 cm³/mol. The lowest BCUT2D eigenvalue weighted by molar-refractivity contribution is -0.131. The highest BCUT2D eigenvalue weighted by atomic mass is 16.7. The van der Waals surface area contributed by atoms with Gasteiger partial charge in [-0.1, -0.05) is 32.9 Å². The van der Waals surface area contributed by atoms with E-state index in [9.17, 15) is 14.4 Å². The lowest BCUT2D eigenvalue weighted by Crippen LogP contribution is -2.37. The molecule has 8 heteroatoms. The highest BCUT2D eigenvalue weighted by Gasteiger charge is 2.23. The summed E-state index contributed by atoms with van der Waals surface area (Å²) in [4.78, 5) is 40.7. The molecule has 1 fully saturated rings. The summed E-state index contributed by atoms with van der Waals surface area (Å²) in [6, 6.07) is 14.5. The minimum atomic E-state index is -0.778. The number of benzene rings is 2. The Balaban J connectivity index is 1.41. The van der Waals surface area contributed by atoms with E-state index in [0.29, 0.717) is 56.9 Å². The topological polar surface area (TPSA) is 85.4 Å². The van der Waals surface area contributed by atoms with Crippen LogP contribution in [0.15, 0.2) is 48.5 Å². The molecule has 37 heavy (non-hydrogen) atoms. The van der Waals surface area contributed by atoms with Crippen molar-refractivity contribution in [3.63, 3.8) is 0 Å². The second-order valence-electron chi connectivity index (χ2n) is 10.1. The number of carbonyl (C=O) groups excluding carboxylic acids is 3. The van der Waals surface area contributed by atoms with Crippen molar-refractivity contribution in [2.24, 2.45) is 0 Å². The van der Waals surface area contributed by atoms with Crippen molar-refractivity contribution >= 4 is 18.0 Å². The van der Waals surface area contributed by atoms with Gasteiger partial charge in [0.1, 0.15) is 11.5 Å². The molecule has 0 radical (unpaired) electrons. The Hall–Kier alpha value is -3.55. The summed E-state index contributed by atoms with van der Waals surface area (Å²) in [6.07, 6.45) is 0.994. The first-order valence-corrected chi connectivity index (χ1v) is 12.9. The number of hydrogen-bond acceptors (Lipinski definition) is 6. The van der Waals surface area contributed by atoms with Crippen molar-refractivity contribution in [1.82, 2.24) is 9.80 Å². The van der Waals surface area contributed by atoms with Gasteiger partial charge in [-0.3, -0.25) is 9.59 Å². The van der Waals surface area contributed by atoms with Crippen LogP contribution in [0.2, 0.25) is 0 Å². The fraction of sp³-hybridized carbons (Fsp3) is 0.483. The number of hydrogen-bond donors (Lipinski definition) is 0. The van der Waals surface area contributed by atoms with Crippen molar-refractivity contribution in [2.75, 3.05) is 39.4 Å². The predicted octanol–water partition coefficient (Wildman–Crippen LogP) is 5.05. The molecule has 1 saturated heterocycles. The first-order chi connectivity index (χ1) is 17.7. The summed E-state index contributed by atoms with van der Waals surface area (Å²) in [7, 11) is 0. The molecule has 3 rings (SSSR count). The van der Waals surface area contributed by atoms with Crippen molar-refractivity contribution in [3.8, 4) is 11.5 Å². The summed E-state index contributed by atoms with van der Waals surface area (Å²) < 4.78 is 15.6. The fourth-order valence-corrected chi connectivity index (χ4v) is 4.08. The SMILES string of the molecule is CCOC(=O)Oc1ccc(C(=O)N2CCCN(C(=O)CCCOc3ccc(C(C)(C)C)cc3)CC2)cc1. The van der Waals surface area contributed by atoms with Crippen LogP contribution >= 0.6 is 0 Å².